The molecule has 138 valence electrons. The van der Waals surface area contributed by atoms with Crippen LogP contribution in [0.25, 0.3) is 0 Å². The lowest BCUT2D eigenvalue weighted by molar-refractivity contribution is -0.162. The number of carbonyl (C=O) groups is 2. The van der Waals surface area contributed by atoms with Crippen molar-refractivity contribution >= 4 is 11.8 Å². The van der Waals surface area contributed by atoms with Crippen LogP contribution in [0.1, 0.15) is 53.4 Å². The van der Waals surface area contributed by atoms with Gasteiger partial charge in [-0.1, -0.05) is 17.7 Å². The maximum Gasteiger partial charge on any atom is 0.334 e. The van der Waals surface area contributed by atoms with Crippen molar-refractivity contribution in [2.75, 3.05) is 0 Å². The molecule has 3 unspecified atom stereocenters. The highest BCUT2D eigenvalue weighted by molar-refractivity contribution is 6.01. The molecule has 0 aromatic heterocycles. The lowest BCUT2D eigenvalue weighted by atomic mass is 9.92. The molecule has 1 aliphatic heterocycles. The summed E-state index contributed by atoms with van der Waals surface area (Å²) in [5.41, 5.74) is 1.23. The molecule has 1 aliphatic carbocycles. The molecule has 0 saturated carbocycles. The van der Waals surface area contributed by atoms with E-state index in [1.54, 1.807) is 26.8 Å². The van der Waals surface area contributed by atoms with E-state index in [-0.39, 0.29) is 11.8 Å². The van der Waals surface area contributed by atoms with Gasteiger partial charge in [0, 0.05) is 5.57 Å². The Labute approximate surface area is 149 Å². The molecule has 5 nitrogen and oxygen atoms in total. The summed E-state index contributed by atoms with van der Waals surface area (Å²) in [5, 5.41) is 19.8. The molecule has 0 aromatic carbocycles. The van der Waals surface area contributed by atoms with Crippen LogP contribution in [0.15, 0.2) is 34.9 Å². The van der Waals surface area contributed by atoms with Crippen LogP contribution in [0.3, 0.4) is 0 Å². The second-order valence-electron chi connectivity index (χ2n) is 7.60. The standard InChI is InChI=1S/C20H28O5/c1-12(10-15-16(21)11-13(2)18(15)22)6-5-7-14-8-9-17(20(3,4)24)25-19(14)23/h7,10-11,15-17,21,24H,5-6,8-9H2,1-4H3. The Balaban J connectivity index is 1.88. The Morgan fingerprint density at radius 3 is 2.60 bits per heavy atom. The molecule has 25 heavy (non-hydrogen) atoms. The number of esters is 1. The van der Waals surface area contributed by atoms with Gasteiger partial charge in [0.05, 0.1) is 17.6 Å². The molecular formula is C20H28O5. The SMILES string of the molecule is CC(=CC1C(=O)C(C)=CC1O)CCC=C1CCC(C(C)(C)O)OC1=O. The van der Waals surface area contributed by atoms with E-state index >= 15 is 0 Å². The number of ether oxygens (including phenoxy) is 1. The average molecular weight is 348 g/mol. The number of cyclic esters (lactones) is 1. The maximum absolute atomic E-state index is 12.0. The predicted octanol–water partition coefficient (Wildman–Crippen LogP) is 2.62. The molecule has 2 N–H and O–H groups in total. The molecule has 0 amide bonds. The smallest absolute Gasteiger partial charge is 0.334 e. The largest absolute Gasteiger partial charge is 0.456 e. The van der Waals surface area contributed by atoms with Crippen LogP contribution in [0.5, 0.6) is 0 Å². The highest BCUT2D eigenvalue weighted by Crippen LogP contribution is 2.28. The number of allylic oxidation sites excluding steroid dienone is 3. The van der Waals surface area contributed by atoms with Crippen molar-refractivity contribution in [2.45, 2.75) is 71.2 Å². The summed E-state index contributed by atoms with van der Waals surface area (Å²) in [7, 11) is 0. The summed E-state index contributed by atoms with van der Waals surface area (Å²) in [6.07, 6.45) is 6.67. The first-order valence-corrected chi connectivity index (χ1v) is 8.80. The second kappa shape index (κ2) is 7.67. The van der Waals surface area contributed by atoms with Crippen molar-refractivity contribution in [3.63, 3.8) is 0 Å². The average Bonchev–Trinajstić information content (AvgIpc) is 2.74. The van der Waals surface area contributed by atoms with Crippen LogP contribution in [-0.4, -0.2) is 39.8 Å². The lowest BCUT2D eigenvalue weighted by Gasteiger charge is -2.32. The Morgan fingerprint density at radius 1 is 1.40 bits per heavy atom. The minimum Gasteiger partial charge on any atom is -0.456 e. The van der Waals surface area contributed by atoms with E-state index in [0.29, 0.717) is 36.8 Å². The Morgan fingerprint density at radius 2 is 2.08 bits per heavy atom. The van der Waals surface area contributed by atoms with Gasteiger partial charge in [0.1, 0.15) is 6.10 Å². The van der Waals surface area contributed by atoms with Crippen molar-refractivity contribution in [2.24, 2.45) is 5.92 Å². The number of rotatable bonds is 5. The highest BCUT2D eigenvalue weighted by Gasteiger charge is 2.35. The molecule has 2 aliphatic rings. The zero-order chi connectivity index (χ0) is 18.8. The highest BCUT2D eigenvalue weighted by atomic mass is 16.6. The number of aliphatic hydroxyl groups excluding tert-OH is 1. The van der Waals surface area contributed by atoms with E-state index in [9.17, 15) is 19.8 Å². The number of Topliss-reactive ketones (excluding diaryl/α,β-unsaturated/α-hetero) is 1. The first-order chi connectivity index (χ1) is 11.6. The van der Waals surface area contributed by atoms with Gasteiger partial charge in [-0.25, -0.2) is 4.79 Å². The van der Waals surface area contributed by atoms with Crippen molar-refractivity contribution in [3.8, 4) is 0 Å². The molecule has 3 atom stereocenters. The summed E-state index contributed by atoms with van der Waals surface area (Å²) >= 11 is 0. The molecule has 2 rings (SSSR count). The van der Waals surface area contributed by atoms with Crippen molar-refractivity contribution in [1.29, 1.82) is 0 Å². The number of carbonyl (C=O) groups excluding carboxylic acids is 2. The van der Waals surface area contributed by atoms with Crippen LogP contribution < -0.4 is 0 Å². The Kier molecular flexibility index (Phi) is 6.01. The van der Waals surface area contributed by atoms with Crippen LogP contribution in [0, 0.1) is 5.92 Å². The van der Waals surface area contributed by atoms with Crippen molar-refractivity contribution < 1.29 is 24.5 Å². The third kappa shape index (κ3) is 4.89. The number of aliphatic hydroxyl groups is 2. The van der Waals surface area contributed by atoms with Gasteiger partial charge in [0.25, 0.3) is 0 Å². The zero-order valence-corrected chi connectivity index (χ0v) is 15.4. The third-order valence-electron chi connectivity index (χ3n) is 4.85. The molecule has 0 radical (unpaired) electrons. The minimum absolute atomic E-state index is 0.0290. The van der Waals surface area contributed by atoms with E-state index in [0.717, 1.165) is 5.57 Å². The van der Waals surface area contributed by atoms with Gasteiger partial charge >= 0.3 is 5.97 Å². The molecule has 5 heteroatoms. The number of hydrogen-bond donors (Lipinski definition) is 2. The fourth-order valence-corrected chi connectivity index (χ4v) is 3.23. The predicted molar refractivity (Wildman–Crippen MR) is 94.7 cm³/mol. The summed E-state index contributed by atoms with van der Waals surface area (Å²) < 4.78 is 5.31. The van der Waals surface area contributed by atoms with Gasteiger partial charge in [-0.3, -0.25) is 4.79 Å². The monoisotopic (exact) mass is 348 g/mol. The molecule has 1 heterocycles. The van der Waals surface area contributed by atoms with Crippen LogP contribution in [0.2, 0.25) is 0 Å². The minimum atomic E-state index is -1.03. The molecule has 1 fully saturated rings. The summed E-state index contributed by atoms with van der Waals surface area (Å²) in [5.74, 6) is -0.875. The third-order valence-corrected chi connectivity index (χ3v) is 4.85. The quantitative estimate of drug-likeness (QED) is 0.453. The van der Waals surface area contributed by atoms with Crippen LogP contribution >= 0.6 is 0 Å². The summed E-state index contributed by atoms with van der Waals surface area (Å²) in [4.78, 5) is 24.0. The van der Waals surface area contributed by atoms with Gasteiger partial charge in [-0.15, -0.1) is 0 Å². The van der Waals surface area contributed by atoms with Crippen LogP contribution in [-0.2, 0) is 14.3 Å². The molecule has 1 saturated heterocycles. The van der Waals surface area contributed by atoms with Gasteiger partial charge in [-0.2, -0.15) is 0 Å². The fraction of sp³-hybridized carbons (Fsp3) is 0.600. The summed E-state index contributed by atoms with van der Waals surface area (Å²) in [6, 6.07) is 0. The van der Waals surface area contributed by atoms with Gasteiger partial charge < -0.3 is 14.9 Å². The topological polar surface area (TPSA) is 83.8 Å². The fourth-order valence-electron chi connectivity index (χ4n) is 3.23. The maximum atomic E-state index is 12.0. The molecule has 0 spiro atoms. The Bertz CT molecular complexity index is 633. The van der Waals surface area contributed by atoms with E-state index < -0.39 is 23.7 Å². The van der Waals surface area contributed by atoms with Crippen molar-refractivity contribution in [1.82, 2.24) is 0 Å². The normalized spacial score (nSPS) is 29.8. The van der Waals surface area contributed by atoms with E-state index in [4.69, 9.17) is 4.74 Å². The van der Waals surface area contributed by atoms with Gasteiger partial charge in [0.2, 0.25) is 0 Å². The van der Waals surface area contributed by atoms with E-state index in [1.807, 2.05) is 19.1 Å². The lowest BCUT2D eigenvalue weighted by Crippen LogP contribution is -2.42. The number of hydrogen-bond acceptors (Lipinski definition) is 5. The number of ketones is 1. The van der Waals surface area contributed by atoms with Gasteiger partial charge in [0.15, 0.2) is 5.78 Å². The van der Waals surface area contributed by atoms with Gasteiger partial charge in [-0.05, 0) is 65.0 Å². The molecular weight excluding hydrogens is 320 g/mol. The first-order valence-electron chi connectivity index (χ1n) is 8.80. The summed E-state index contributed by atoms with van der Waals surface area (Å²) in [6.45, 7) is 6.93. The van der Waals surface area contributed by atoms with Crippen molar-refractivity contribution in [3.05, 3.63) is 34.9 Å². The van der Waals surface area contributed by atoms with Crippen LogP contribution in [0.4, 0.5) is 0 Å². The zero-order valence-electron chi connectivity index (χ0n) is 15.4. The van der Waals surface area contributed by atoms with E-state index in [1.165, 1.54) is 0 Å². The van der Waals surface area contributed by atoms with E-state index in [2.05, 4.69) is 0 Å². The Hall–Kier alpha value is -1.72. The second-order valence-corrected chi connectivity index (χ2v) is 7.60. The first kappa shape index (κ1) is 19.6. The molecule has 0 aromatic rings. The molecule has 0 bridgehead atoms.